The number of hydrogen-bond donors (Lipinski definition) is 1. The minimum atomic E-state index is -1.17. The van der Waals surface area contributed by atoms with Crippen LogP contribution in [-0.4, -0.2) is 53.5 Å². The standard InChI is InChI=1S/C27H31FN2O3S/c1-33-20-8-10-26-23(17-20)22(11-13-29-26)25(28)9-7-19-12-14-30(18-24(19)27(31)32)15-16-34-21-5-3-2-4-6-21/h2-6,8,10-11,13,17,19,24-25H,7,9,12,14-16,18H2,1H3,(H,31,32)/t19-,24+,25+/m1/s1. The molecule has 2 heterocycles. The van der Waals surface area contributed by atoms with Crippen LogP contribution in [0.4, 0.5) is 4.39 Å². The van der Waals surface area contributed by atoms with Crippen molar-refractivity contribution in [2.45, 2.75) is 30.3 Å². The van der Waals surface area contributed by atoms with Gasteiger partial charge in [0.05, 0.1) is 18.5 Å². The molecule has 34 heavy (non-hydrogen) atoms. The fourth-order valence-corrected chi connectivity index (χ4v) is 5.70. The number of thioether (sulfide) groups is 1. The molecule has 0 radical (unpaired) electrons. The highest BCUT2D eigenvalue weighted by atomic mass is 32.2. The summed E-state index contributed by atoms with van der Waals surface area (Å²) in [5.74, 6) is 0.331. The lowest BCUT2D eigenvalue weighted by molar-refractivity contribution is -0.146. The van der Waals surface area contributed by atoms with Crippen molar-refractivity contribution in [2.75, 3.05) is 32.5 Å². The van der Waals surface area contributed by atoms with Crippen LogP contribution in [0.3, 0.4) is 0 Å². The number of carboxylic acids is 1. The zero-order valence-corrected chi connectivity index (χ0v) is 20.2. The zero-order chi connectivity index (χ0) is 23.9. The van der Waals surface area contributed by atoms with Gasteiger partial charge in [0.15, 0.2) is 0 Å². The number of likely N-dealkylation sites (tertiary alicyclic amines) is 1. The number of carboxylic acid groups (broad SMARTS) is 1. The Morgan fingerprint density at radius 1 is 1.26 bits per heavy atom. The monoisotopic (exact) mass is 482 g/mol. The highest BCUT2D eigenvalue weighted by Crippen LogP contribution is 2.35. The first-order valence-electron chi connectivity index (χ1n) is 11.7. The molecule has 3 atom stereocenters. The number of fused-ring (bicyclic) bond motifs is 1. The Bertz CT molecular complexity index is 1100. The number of nitrogens with zero attached hydrogens (tertiary/aromatic N) is 2. The summed E-state index contributed by atoms with van der Waals surface area (Å²) in [4.78, 5) is 19.8. The van der Waals surface area contributed by atoms with Gasteiger partial charge in [-0.15, -0.1) is 11.8 Å². The minimum absolute atomic E-state index is 0.0172. The molecule has 0 spiro atoms. The molecule has 0 amide bonds. The Morgan fingerprint density at radius 3 is 2.85 bits per heavy atom. The van der Waals surface area contributed by atoms with Crippen LogP contribution in [0.25, 0.3) is 10.9 Å². The first kappa shape index (κ1) is 24.5. The van der Waals surface area contributed by atoms with E-state index in [-0.39, 0.29) is 5.92 Å². The summed E-state index contributed by atoms with van der Waals surface area (Å²) in [6, 6.07) is 17.4. The second-order valence-electron chi connectivity index (χ2n) is 8.78. The molecule has 1 aromatic heterocycles. The number of aliphatic carboxylic acids is 1. The van der Waals surface area contributed by atoms with Crippen LogP contribution in [0.2, 0.25) is 0 Å². The van der Waals surface area contributed by atoms with Gasteiger partial charge >= 0.3 is 5.97 Å². The number of methoxy groups -OCH3 is 1. The Hall–Kier alpha value is -2.64. The van der Waals surface area contributed by atoms with E-state index >= 15 is 4.39 Å². The number of alkyl halides is 1. The third kappa shape index (κ3) is 6.07. The largest absolute Gasteiger partial charge is 0.497 e. The molecule has 1 N–H and O–H groups in total. The quantitative estimate of drug-likeness (QED) is 0.366. The van der Waals surface area contributed by atoms with E-state index in [1.807, 2.05) is 36.4 Å². The maximum absolute atomic E-state index is 15.4. The molecule has 0 saturated carbocycles. The van der Waals surface area contributed by atoms with Crippen LogP contribution < -0.4 is 4.74 Å². The van der Waals surface area contributed by atoms with E-state index in [4.69, 9.17) is 4.74 Å². The maximum Gasteiger partial charge on any atom is 0.308 e. The molecule has 0 aliphatic carbocycles. The van der Waals surface area contributed by atoms with E-state index < -0.39 is 18.1 Å². The smallest absolute Gasteiger partial charge is 0.308 e. The number of ether oxygens (including phenoxy) is 1. The summed E-state index contributed by atoms with van der Waals surface area (Å²) in [6.07, 6.45) is 2.09. The number of carbonyl (C=O) groups is 1. The SMILES string of the molecule is COc1ccc2nccc([C@@H](F)CC[C@@H]3CCN(CCSc4ccccc4)C[C@@H]3C(=O)O)c2c1. The molecule has 3 aromatic rings. The van der Waals surface area contributed by atoms with Crippen molar-refractivity contribution in [2.24, 2.45) is 11.8 Å². The highest BCUT2D eigenvalue weighted by molar-refractivity contribution is 7.99. The lowest BCUT2D eigenvalue weighted by Gasteiger charge is -2.36. The van der Waals surface area contributed by atoms with E-state index in [0.717, 1.165) is 36.2 Å². The zero-order valence-electron chi connectivity index (χ0n) is 19.4. The molecule has 1 aliphatic rings. The average Bonchev–Trinajstić information content (AvgIpc) is 2.87. The summed E-state index contributed by atoms with van der Waals surface area (Å²) >= 11 is 1.79. The van der Waals surface area contributed by atoms with Crippen LogP contribution >= 0.6 is 11.8 Å². The van der Waals surface area contributed by atoms with Crippen molar-refractivity contribution < 1.29 is 19.0 Å². The lowest BCUT2D eigenvalue weighted by atomic mass is 9.81. The van der Waals surface area contributed by atoms with E-state index in [1.165, 1.54) is 4.90 Å². The molecule has 7 heteroatoms. The van der Waals surface area contributed by atoms with Crippen molar-refractivity contribution in [1.29, 1.82) is 0 Å². The number of benzene rings is 2. The number of pyridine rings is 1. The van der Waals surface area contributed by atoms with Crippen molar-refractivity contribution in [3.05, 3.63) is 66.4 Å². The summed E-state index contributed by atoms with van der Waals surface area (Å²) in [7, 11) is 1.59. The Kier molecular flexibility index (Phi) is 8.40. The van der Waals surface area contributed by atoms with Crippen LogP contribution in [0, 0.1) is 11.8 Å². The van der Waals surface area contributed by atoms with E-state index in [2.05, 4.69) is 22.0 Å². The number of rotatable bonds is 10. The van der Waals surface area contributed by atoms with Gasteiger partial charge < -0.3 is 14.7 Å². The van der Waals surface area contributed by atoms with Gasteiger partial charge in [0, 0.05) is 35.3 Å². The molecular weight excluding hydrogens is 451 g/mol. The van der Waals surface area contributed by atoms with Gasteiger partial charge in [-0.05, 0) is 73.7 Å². The summed E-state index contributed by atoms with van der Waals surface area (Å²) in [5, 5.41) is 10.6. The molecule has 5 nitrogen and oxygen atoms in total. The molecule has 1 fully saturated rings. The van der Waals surface area contributed by atoms with Gasteiger partial charge in [-0.1, -0.05) is 18.2 Å². The average molecular weight is 483 g/mol. The van der Waals surface area contributed by atoms with Gasteiger partial charge in [0.1, 0.15) is 11.9 Å². The molecule has 1 aliphatic heterocycles. The number of hydrogen-bond acceptors (Lipinski definition) is 5. The molecule has 180 valence electrons. The van der Waals surface area contributed by atoms with Crippen molar-refractivity contribution in [3.63, 3.8) is 0 Å². The van der Waals surface area contributed by atoms with Gasteiger partial charge in [-0.3, -0.25) is 9.78 Å². The van der Waals surface area contributed by atoms with Crippen molar-refractivity contribution in [3.8, 4) is 5.75 Å². The fraction of sp³-hybridized carbons (Fsp3) is 0.407. The molecule has 0 unspecified atom stereocenters. The van der Waals surface area contributed by atoms with Gasteiger partial charge in [0.25, 0.3) is 0 Å². The second kappa shape index (κ2) is 11.7. The Balaban J connectivity index is 1.34. The molecule has 4 rings (SSSR count). The molecule has 1 saturated heterocycles. The third-order valence-corrected chi connectivity index (χ3v) is 7.68. The first-order valence-corrected chi connectivity index (χ1v) is 12.7. The number of aromatic nitrogens is 1. The van der Waals surface area contributed by atoms with Crippen molar-refractivity contribution >= 4 is 28.6 Å². The van der Waals surface area contributed by atoms with Crippen LogP contribution in [0.15, 0.2) is 65.7 Å². The first-order chi connectivity index (χ1) is 16.5. The second-order valence-corrected chi connectivity index (χ2v) is 9.95. The van der Waals surface area contributed by atoms with Crippen LogP contribution in [0.5, 0.6) is 5.75 Å². The van der Waals surface area contributed by atoms with E-state index in [0.29, 0.717) is 30.7 Å². The number of halogens is 1. The molecule has 0 bridgehead atoms. The lowest BCUT2D eigenvalue weighted by Crippen LogP contribution is -2.44. The topological polar surface area (TPSA) is 62.7 Å². The third-order valence-electron chi connectivity index (χ3n) is 6.69. The van der Waals surface area contributed by atoms with Crippen LogP contribution in [0.1, 0.15) is 31.0 Å². The van der Waals surface area contributed by atoms with Gasteiger partial charge in [-0.2, -0.15) is 0 Å². The summed E-state index contributed by atoms with van der Waals surface area (Å²) < 4.78 is 20.7. The predicted molar refractivity (Wildman–Crippen MR) is 134 cm³/mol. The minimum Gasteiger partial charge on any atom is -0.497 e. The van der Waals surface area contributed by atoms with E-state index in [1.54, 1.807) is 31.1 Å². The predicted octanol–water partition coefficient (Wildman–Crippen LogP) is 5.85. The highest BCUT2D eigenvalue weighted by Gasteiger charge is 2.34. The summed E-state index contributed by atoms with van der Waals surface area (Å²) in [6.45, 7) is 2.24. The Morgan fingerprint density at radius 2 is 2.09 bits per heavy atom. The fourth-order valence-electron chi connectivity index (χ4n) is 4.77. The molecule has 2 aromatic carbocycles. The van der Waals surface area contributed by atoms with Crippen LogP contribution in [-0.2, 0) is 4.79 Å². The number of piperidine rings is 1. The van der Waals surface area contributed by atoms with E-state index in [9.17, 15) is 9.90 Å². The summed E-state index contributed by atoms with van der Waals surface area (Å²) in [5.41, 5.74) is 1.32. The molecular formula is C27H31FN2O3S. The van der Waals surface area contributed by atoms with Gasteiger partial charge in [0.2, 0.25) is 0 Å². The normalized spacial score (nSPS) is 19.7. The van der Waals surface area contributed by atoms with Crippen molar-refractivity contribution in [1.82, 2.24) is 9.88 Å². The Labute approximate surface area is 204 Å². The van der Waals surface area contributed by atoms with Gasteiger partial charge in [-0.25, -0.2) is 4.39 Å². The maximum atomic E-state index is 15.4.